The van der Waals surface area contributed by atoms with Crippen molar-refractivity contribution >= 4 is 60.7 Å². The predicted octanol–water partition coefficient (Wildman–Crippen LogP) is 13.0. The number of fused-ring (bicyclic) bond motifs is 6. The molecule has 0 aliphatic carbocycles. The summed E-state index contributed by atoms with van der Waals surface area (Å²) in [6.07, 6.45) is 0. The second kappa shape index (κ2) is 11.9. The van der Waals surface area contributed by atoms with Gasteiger partial charge in [0.05, 0.1) is 22.1 Å². The molecule has 0 spiro atoms. The van der Waals surface area contributed by atoms with Crippen molar-refractivity contribution in [3.8, 4) is 22.5 Å². The van der Waals surface area contributed by atoms with Gasteiger partial charge in [-0.05, 0) is 96.1 Å². The Morgan fingerprint density at radius 2 is 0.647 bits per heavy atom. The molecule has 0 unspecified atom stereocenters. The molecular weight excluding hydrogens is 619 g/mol. The summed E-state index contributed by atoms with van der Waals surface area (Å²) in [6.45, 7) is 0. The second-order valence-electron chi connectivity index (χ2n) is 13.0. The lowest BCUT2D eigenvalue weighted by Crippen LogP contribution is -2.09. The molecule has 2 aromatic heterocycles. The molecule has 0 bridgehead atoms. The first-order chi connectivity index (χ1) is 25.3. The summed E-state index contributed by atoms with van der Waals surface area (Å²) in [6, 6.07) is 72.0. The van der Waals surface area contributed by atoms with E-state index in [9.17, 15) is 0 Å². The van der Waals surface area contributed by atoms with Crippen molar-refractivity contribution in [1.82, 2.24) is 9.13 Å². The number of anilines is 3. The molecule has 51 heavy (non-hydrogen) atoms. The van der Waals surface area contributed by atoms with E-state index in [2.05, 4.69) is 214 Å². The molecule has 0 aliphatic rings. The summed E-state index contributed by atoms with van der Waals surface area (Å²) in [5, 5.41) is 4.97. The summed E-state index contributed by atoms with van der Waals surface area (Å²) in [5.41, 5.74) is 12.9. The van der Waals surface area contributed by atoms with Crippen molar-refractivity contribution in [3.63, 3.8) is 0 Å². The maximum Gasteiger partial charge on any atom is 0.0548 e. The molecule has 0 N–H and O–H groups in total. The Balaban J connectivity index is 1.15. The number of benzene rings is 8. The molecule has 3 heteroatoms. The summed E-state index contributed by atoms with van der Waals surface area (Å²) < 4.78 is 4.84. The lowest BCUT2D eigenvalue weighted by molar-refractivity contribution is 1.17. The summed E-state index contributed by atoms with van der Waals surface area (Å²) >= 11 is 0. The molecule has 0 radical (unpaired) electrons. The Bertz CT molecular complexity index is 2770. The van der Waals surface area contributed by atoms with Gasteiger partial charge < -0.3 is 14.0 Å². The highest BCUT2D eigenvalue weighted by atomic mass is 15.1. The number of aromatic nitrogens is 2. The van der Waals surface area contributed by atoms with E-state index < -0.39 is 0 Å². The Morgan fingerprint density at radius 3 is 1.14 bits per heavy atom. The standard InChI is InChI=1S/C48H33N3/c1-4-14-34(15-5-1)35-24-26-39(27-25-35)50-45-22-12-10-20-41(45)43-33-48-44(32-47(43)50)42-21-11-13-23-46(42)51(48)40-30-28-38(29-31-40)49(36-16-6-2-7-17-36)37-18-8-3-9-19-37/h1-33H. The van der Waals surface area contributed by atoms with Crippen LogP contribution in [0.1, 0.15) is 0 Å². The lowest BCUT2D eigenvalue weighted by Gasteiger charge is -2.25. The highest BCUT2D eigenvalue weighted by Crippen LogP contribution is 2.41. The molecule has 0 saturated carbocycles. The lowest BCUT2D eigenvalue weighted by atomic mass is 10.1. The fourth-order valence-electron chi connectivity index (χ4n) is 7.77. The van der Waals surface area contributed by atoms with Crippen LogP contribution in [0.3, 0.4) is 0 Å². The van der Waals surface area contributed by atoms with Gasteiger partial charge in [-0.3, -0.25) is 0 Å². The zero-order valence-corrected chi connectivity index (χ0v) is 27.9. The van der Waals surface area contributed by atoms with Crippen LogP contribution in [0, 0.1) is 0 Å². The molecule has 8 aromatic carbocycles. The zero-order valence-electron chi connectivity index (χ0n) is 27.9. The molecule has 10 rings (SSSR count). The first-order valence-electron chi connectivity index (χ1n) is 17.4. The van der Waals surface area contributed by atoms with Crippen LogP contribution in [-0.2, 0) is 0 Å². The van der Waals surface area contributed by atoms with Crippen LogP contribution < -0.4 is 4.90 Å². The maximum absolute atomic E-state index is 2.42. The van der Waals surface area contributed by atoms with Crippen molar-refractivity contribution in [2.75, 3.05) is 4.90 Å². The fourth-order valence-corrected chi connectivity index (χ4v) is 7.77. The molecule has 0 saturated heterocycles. The Hall–Kier alpha value is -6.84. The number of para-hydroxylation sites is 4. The molecular formula is C48H33N3. The minimum atomic E-state index is 1.11. The highest BCUT2D eigenvalue weighted by Gasteiger charge is 2.19. The molecule has 2 heterocycles. The summed E-state index contributed by atoms with van der Waals surface area (Å²) in [4.78, 5) is 2.31. The smallest absolute Gasteiger partial charge is 0.0548 e. The first-order valence-corrected chi connectivity index (χ1v) is 17.4. The second-order valence-corrected chi connectivity index (χ2v) is 13.0. The third-order valence-electron chi connectivity index (χ3n) is 10.1. The summed E-state index contributed by atoms with van der Waals surface area (Å²) in [5.74, 6) is 0. The van der Waals surface area contributed by atoms with Gasteiger partial charge in [0.1, 0.15) is 0 Å². The Labute approximate surface area is 296 Å². The van der Waals surface area contributed by atoms with Crippen LogP contribution in [0.5, 0.6) is 0 Å². The largest absolute Gasteiger partial charge is 0.311 e. The molecule has 0 amide bonds. The highest BCUT2D eigenvalue weighted by molar-refractivity contribution is 6.19. The average Bonchev–Trinajstić information content (AvgIpc) is 3.71. The normalized spacial score (nSPS) is 11.5. The number of hydrogen-bond acceptors (Lipinski definition) is 1. The van der Waals surface area contributed by atoms with E-state index in [1.165, 1.54) is 54.7 Å². The SMILES string of the molecule is c1ccc(-c2ccc(-n3c4ccccc4c4cc5c(cc43)c3ccccc3n5-c3ccc(N(c4ccccc4)c4ccccc4)cc3)cc2)cc1. The molecule has 3 nitrogen and oxygen atoms in total. The Kier molecular flexibility index (Phi) is 6.81. The minimum Gasteiger partial charge on any atom is -0.311 e. The van der Waals surface area contributed by atoms with E-state index in [1.807, 2.05) is 0 Å². The van der Waals surface area contributed by atoms with Gasteiger partial charge in [-0.1, -0.05) is 115 Å². The van der Waals surface area contributed by atoms with E-state index in [0.29, 0.717) is 0 Å². The minimum absolute atomic E-state index is 1.11. The number of rotatable bonds is 6. The maximum atomic E-state index is 2.42. The van der Waals surface area contributed by atoms with Crippen molar-refractivity contribution in [2.45, 2.75) is 0 Å². The van der Waals surface area contributed by atoms with Gasteiger partial charge in [0.2, 0.25) is 0 Å². The molecule has 240 valence electrons. The van der Waals surface area contributed by atoms with Crippen LogP contribution >= 0.6 is 0 Å². The third kappa shape index (κ3) is 4.82. The van der Waals surface area contributed by atoms with Crippen LogP contribution in [0.4, 0.5) is 17.1 Å². The van der Waals surface area contributed by atoms with E-state index in [-0.39, 0.29) is 0 Å². The molecule has 0 aliphatic heterocycles. The molecule has 0 fully saturated rings. The fraction of sp³-hybridized carbons (Fsp3) is 0. The van der Waals surface area contributed by atoms with Gasteiger partial charge >= 0.3 is 0 Å². The average molecular weight is 652 g/mol. The van der Waals surface area contributed by atoms with Gasteiger partial charge in [0, 0.05) is 50.0 Å². The topological polar surface area (TPSA) is 13.1 Å². The van der Waals surface area contributed by atoms with Crippen molar-refractivity contribution in [1.29, 1.82) is 0 Å². The monoisotopic (exact) mass is 651 g/mol. The Morgan fingerprint density at radius 1 is 0.275 bits per heavy atom. The first kappa shape index (κ1) is 29.1. The van der Waals surface area contributed by atoms with Crippen LogP contribution in [0.15, 0.2) is 200 Å². The predicted molar refractivity (Wildman–Crippen MR) is 215 cm³/mol. The van der Waals surface area contributed by atoms with Crippen LogP contribution in [-0.4, -0.2) is 9.13 Å². The van der Waals surface area contributed by atoms with Gasteiger partial charge in [-0.2, -0.15) is 0 Å². The van der Waals surface area contributed by atoms with E-state index in [4.69, 9.17) is 0 Å². The van der Waals surface area contributed by atoms with Crippen LogP contribution in [0.25, 0.3) is 66.1 Å². The van der Waals surface area contributed by atoms with Gasteiger partial charge in [0.15, 0.2) is 0 Å². The van der Waals surface area contributed by atoms with E-state index >= 15 is 0 Å². The summed E-state index contributed by atoms with van der Waals surface area (Å²) in [7, 11) is 0. The van der Waals surface area contributed by atoms with E-state index in [1.54, 1.807) is 0 Å². The molecule has 0 atom stereocenters. The van der Waals surface area contributed by atoms with Crippen molar-refractivity contribution in [3.05, 3.63) is 200 Å². The zero-order chi connectivity index (χ0) is 33.7. The third-order valence-corrected chi connectivity index (χ3v) is 10.1. The van der Waals surface area contributed by atoms with Crippen molar-refractivity contribution < 1.29 is 0 Å². The van der Waals surface area contributed by atoms with Gasteiger partial charge in [-0.25, -0.2) is 0 Å². The van der Waals surface area contributed by atoms with Gasteiger partial charge in [-0.15, -0.1) is 0 Å². The van der Waals surface area contributed by atoms with Crippen LogP contribution in [0.2, 0.25) is 0 Å². The quantitative estimate of drug-likeness (QED) is 0.174. The van der Waals surface area contributed by atoms with Crippen molar-refractivity contribution in [2.24, 2.45) is 0 Å². The molecule has 10 aromatic rings. The van der Waals surface area contributed by atoms with Gasteiger partial charge in [0.25, 0.3) is 0 Å². The number of nitrogens with zero attached hydrogens (tertiary/aromatic N) is 3. The van der Waals surface area contributed by atoms with E-state index in [0.717, 1.165) is 28.4 Å². The number of hydrogen-bond donors (Lipinski definition) is 0.